The van der Waals surface area contributed by atoms with E-state index in [2.05, 4.69) is 10.6 Å². The first kappa shape index (κ1) is 39.0. The Kier molecular flexibility index (Phi) is 10.7. The topological polar surface area (TPSA) is 154 Å². The Hall–Kier alpha value is -4.71. The Labute approximate surface area is 317 Å². The molecule has 0 saturated heterocycles. The van der Waals surface area contributed by atoms with Gasteiger partial charge in [-0.15, -0.1) is 0 Å². The van der Waals surface area contributed by atoms with E-state index in [1.54, 1.807) is 64.1 Å². The number of hydrogen-bond donors (Lipinski definition) is 2. The maximum atomic E-state index is 15.7. The maximum Gasteiger partial charge on any atom is 1.00 e. The third kappa shape index (κ3) is 7.24. The van der Waals surface area contributed by atoms with Crippen molar-refractivity contribution < 1.29 is 57.1 Å². The number of carboxylic acids is 2. The van der Waals surface area contributed by atoms with Crippen LogP contribution in [0.1, 0.15) is 61.0 Å². The Balaban J connectivity index is 0.00000580. The predicted molar refractivity (Wildman–Crippen MR) is 198 cm³/mol. The van der Waals surface area contributed by atoms with Crippen molar-refractivity contribution in [2.24, 2.45) is 0 Å². The van der Waals surface area contributed by atoms with Crippen LogP contribution in [0.4, 0.5) is 17.3 Å². The summed E-state index contributed by atoms with van der Waals surface area (Å²) in [5.74, 6) is -5.12. The highest BCUT2D eigenvalue weighted by Crippen LogP contribution is 2.36. The summed E-state index contributed by atoms with van der Waals surface area (Å²) in [5, 5.41) is 28.2. The van der Waals surface area contributed by atoms with Crippen molar-refractivity contribution in [1.82, 2.24) is 19.6 Å². The second-order valence-electron chi connectivity index (χ2n) is 13.6. The van der Waals surface area contributed by atoms with Gasteiger partial charge in [0, 0.05) is 85.0 Å². The lowest BCUT2D eigenvalue weighted by molar-refractivity contribution is -0.363. The number of halogens is 4. The molecule has 0 unspecified atom stereocenters. The molecule has 0 bridgehead atoms. The summed E-state index contributed by atoms with van der Waals surface area (Å²) in [6.45, 7) is -1.76. The summed E-state index contributed by atoms with van der Waals surface area (Å²) in [7, 11) is 1.80. The highest BCUT2D eigenvalue weighted by atomic mass is 33.1. The lowest BCUT2D eigenvalue weighted by Gasteiger charge is -2.30. The quantitative estimate of drug-likeness (QED) is 0.120. The second kappa shape index (κ2) is 14.8. The van der Waals surface area contributed by atoms with E-state index in [0.29, 0.717) is 45.3 Å². The molecule has 2 atom stereocenters. The van der Waals surface area contributed by atoms with Crippen LogP contribution >= 0.6 is 21.6 Å². The molecule has 0 aliphatic carbocycles. The third-order valence-corrected chi connectivity index (χ3v) is 12.2. The largest absolute Gasteiger partial charge is 1.00 e. The van der Waals surface area contributed by atoms with Crippen molar-refractivity contribution in [3.8, 4) is 0 Å². The Morgan fingerprint density at radius 3 is 1.43 bits per heavy atom. The number of aryl methyl sites for hydroxylation is 4. The molecule has 0 aromatic carbocycles. The van der Waals surface area contributed by atoms with Crippen molar-refractivity contribution >= 4 is 82.9 Å². The van der Waals surface area contributed by atoms with E-state index in [4.69, 9.17) is 0 Å². The normalized spacial score (nSPS) is 18.4. The number of nitrogens with zero attached hydrogens (tertiary/aromatic N) is 4. The van der Waals surface area contributed by atoms with Crippen LogP contribution in [-0.2, 0) is 19.2 Å². The molecule has 0 radical (unpaired) electrons. The first-order chi connectivity index (χ1) is 25.4. The average Bonchev–Trinajstić information content (AvgIpc) is 3.84. The zero-order valence-corrected chi connectivity index (χ0v) is 31.4. The lowest BCUT2D eigenvalue weighted by Crippen LogP contribution is -2.51. The van der Waals surface area contributed by atoms with Crippen molar-refractivity contribution in [3.05, 3.63) is 81.7 Å². The minimum atomic E-state index is -4.23. The number of hydrogen-bond acceptors (Lipinski definition) is 8. The highest BCUT2D eigenvalue weighted by Gasteiger charge is 2.53. The lowest BCUT2D eigenvalue weighted by atomic mass is 9.90. The first-order valence-electron chi connectivity index (χ1n) is 17.2. The van der Waals surface area contributed by atoms with Gasteiger partial charge in [0.05, 0.1) is 24.0 Å². The molecule has 0 spiro atoms. The molecule has 2 amide bonds. The molecule has 4 aliphatic heterocycles. The van der Waals surface area contributed by atoms with Crippen LogP contribution in [-0.4, -0.2) is 90.6 Å². The van der Waals surface area contributed by atoms with Gasteiger partial charge in [-0.1, -0.05) is 21.6 Å². The van der Waals surface area contributed by atoms with E-state index in [-0.39, 0.29) is 50.0 Å². The number of amides is 2. The fourth-order valence-corrected chi connectivity index (χ4v) is 9.68. The summed E-state index contributed by atoms with van der Waals surface area (Å²) in [6, 6.07) is 0.381. The fraction of sp³-hybridized carbons (Fsp3) is 0.353. The van der Waals surface area contributed by atoms with Gasteiger partial charge in [0.15, 0.2) is 11.4 Å². The van der Waals surface area contributed by atoms with Crippen LogP contribution in [0.2, 0.25) is 0 Å². The molecule has 286 valence electrons. The third-order valence-electron chi connectivity index (χ3n) is 9.83. The van der Waals surface area contributed by atoms with Gasteiger partial charge in [-0.05, 0) is 62.3 Å². The number of rotatable bonds is 15. The number of aromatic nitrogens is 2. The minimum Gasteiger partial charge on any atom is -0.548 e. The van der Waals surface area contributed by atoms with Crippen molar-refractivity contribution in [2.45, 2.75) is 65.5 Å². The van der Waals surface area contributed by atoms with Crippen LogP contribution < -0.4 is 20.8 Å². The molecule has 12 nitrogen and oxygen atoms in total. The van der Waals surface area contributed by atoms with Gasteiger partial charge in [-0.2, -0.15) is 0 Å². The van der Waals surface area contributed by atoms with E-state index >= 15 is 17.3 Å². The number of nitrogens with one attached hydrogen (secondary N) is 2. The SMILES string of the molecule is Cc1cc(C)n2c1C=C1C=CC(CCC(=O)N[C@@H](CSSC[C@H](NC(=O)CCC3=[N+]4C(=Cc5c(C)cc(C)n5[B-]4(F)F)C=C3)C(=O)[O-])C(=O)[O-])=[N+]1[B-]2(F)F.[H+]. The number of carbonyl (C=O) groups excluding carboxylic acids is 4. The Morgan fingerprint density at radius 1 is 0.704 bits per heavy atom. The van der Waals surface area contributed by atoms with Gasteiger partial charge in [0.25, 0.3) is 0 Å². The van der Waals surface area contributed by atoms with Crippen molar-refractivity contribution in [2.75, 3.05) is 11.5 Å². The molecule has 4 aliphatic rings. The van der Waals surface area contributed by atoms with Gasteiger partial charge in [-0.25, -0.2) is 0 Å². The number of carboxylic acid groups (broad SMARTS) is 2. The van der Waals surface area contributed by atoms with Crippen LogP contribution in [0.25, 0.3) is 12.2 Å². The first-order valence-corrected chi connectivity index (χ1v) is 19.7. The summed E-state index contributed by atoms with van der Waals surface area (Å²) < 4.78 is 66.5. The van der Waals surface area contributed by atoms with Gasteiger partial charge in [-0.3, -0.25) is 9.59 Å². The fourth-order valence-electron chi connectivity index (χ4n) is 7.38. The molecule has 54 heavy (non-hydrogen) atoms. The summed E-state index contributed by atoms with van der Waals surface area (Å²) in [5.41, 5.74) is 4.04. The molecule has 2 aromatic heterocycles. The Bertz CT molecular complexity index is 2030. The van der Waals surface area contributed by atoms with Crippen LogP contribution in [0.5, 0.6) is 0 Å². The molecule has 2 aromatic rings. The molecule has 6 heterocycles. The predicted octanol–water partition coefficient (Wildman–Crippen LogP) is 1.95. The molecule has 6 rings (SSSR count). The molecule has 0 saturated carbocycles. The number of carbonyl (C=O) groups is 4. The number of fused-ring (bicyclic) bond motifs is 4. The summed E-state index contributed by atoms with van der Waals surface area (Å²) >= 11 is 0. The Morgan fingerprint density at radius 2 is 1.07 bits per heavy atom. The number of aliphatic carboxylic acids is 2. The maximum absolute atomic E-state index is 15.7. The van der Waals surface area contributed by atoms with E-state index in [1.165, 1.54) is 12.2 Å². The van der Waals surface area contributed by atoms with E-state index in [1.807, 2.05) is 0 Å². The zero-order chi connectivity index (χ0) is 39.3. The van der Waals surface area contributed by atoms with Crippen LogP contribution in [0, 0.1) is 27.7 Å². The zero-order valence-electron chi connectivity index (χ0n) is 30.7. The van der Waals surface area contributed by atoms with Crippen molar-refractivity contribution in [3.63, 3.8) is 0 Å². The van der Waals surface area contributed by atoms with E-state index in [0.717, 1.165) is 39.5 Å². The molecular weight excluding hydrogens is 750 g/mol. The molecule has 2 N–H and O–H groups in total. The minimum absolute atomic E-state index is 0. The standard InChI is InChI=1S/C34H38B2F4N6O6S2/c1-19-13-21(3)43-29(19)15-25-7-5-23(45(25)35(43,37)38)9-11-31(47)41-27(33(49)50)17-53-54-18-28(34(51)52)42-32(48)12-10-24-6-8-26-16-30-20(2)14-22(4)44(30)36(39,40)46(24)26/h5-8,13-16,27-28H,9-12,17-18H2,1-4H3,(H,41,47)(H,42,48)(H,49,50)(H,51,52)/p-1/t27-,28-/m0/s1. The monoisotopic (exact) mass is 787 g/mol. The number of allylic oxidation sites excluding steroid dienone is 4. The second-order valence-corrected chi connectivity index (χ2v) is 16.2. The highest BCUT2D eigenvalue weighted by molar-refractivity contribution is 8.76. The molecule has 20 heteroatoms. The summed E-state index contributed by atoms with van der Waals surface area (Å²) in [6.07, 6.45) is 8.64. The van der Waals surface area contributed by atoms with Gasteiger partial charge < -0.3 is 65.6 Å². The van der Waals surface area contributed by atoms with Crippen LogP contribution in [0.15, 0.2) is 47.8 Å². The summed E-state index contributed by atoms with van der Waals surface area (Å²) in [4.78, 5) is 49.0. The van der Waals surface area contributed by atoms with Gasteiger partial charge >= 0.3 is 15.4 Å². The molecule has 0 fully saturated rings. The smallest absolute Gasteiger partial charge is 0.548 e. The molecular formula is C34H37B2F4N6O6S2-. The van der Waals surface area contributed by atoms with Crippen LogP contribution in [0.3, 0.4) is 0 Å². The average molecular weight is 787 g/mol. The van der Waals surface area contributed by atoms with E-state index < -0.39 is 49.8 Å². The van der Waals surface area contributed by atoms with E-state index in [9.17, 15) is 29.4 Å². The van der Waals surface area contributed by atoms with Crippen molar-refractivity contribution in [1.29, 1.82) is 0 Å². The van der Waals surface area contributed by atoms with Gasteiger partial charge in [0.1, 0.15) is 11.4 Å². The van der Waals surface area contributed by atoms with Gasteiger partial charge in [0.2, 0.25) is 11.8 Å².